The zero-order valence-corrected chi connectivity index (χ0v) is 14.0. The van der Waals surface area contributed by atoms with Crippen LogP contribution in [-0.4, -0.2) is 12.9 Å². The Morgan fingerprint density at radius 3 is 2.32 bits per heavy atom. The SMILES string of the molecule is COc1ccc(C(=O)C[n+]2cc3ccccc3c3ccccc32)cc1. The second kappa shape index (κ2) is 6.36. The average Bonchev–Trinajstić information content (AvgIpc) is 2.68. The highest BCUT2D eigenvalue weighted by Gasteiger charge is 2.17. The number of pyridine rings is 1. The van der Waals surface area contributed by atoms with E-state index in [1.807, 2.05) is 53.1 Å². The van der Waals surface area contributed by atoms with Crippen molar-refractivity contribution in [3.05, 3.63) is 84.6 Å². The number of ketones is 1. The van der Waals surface area contributed by atoms with E-state index in [0.717, 1.165) is 22.0 Å². The van der Waals surface area contributed by atoms with Crippen LogP contribution in [0.4, 0.5) is 0 Å². The van der Waals surface area contributed by atoms with Gasteiger partial charge in [-0.1, -0.05) is 30.3 Å². The third kappa shape index (κ3) is 2.85. The molecule has 0 radical (unpaired) electrons. The molecule has 4 aromatic rings. The zero-order chi connectivity index (χ0) is 17.2. The molecule has 0 atom stereocenters. The van der Waals surface area contributed by atoms with Gasteiger partial charge in [0.1, 0.15) is 5.75 Å². The number of rotatable bonds is 4. The van der Waals surface area contributed by atoms with Crippen molar-refractivity contribution < 1.29 is 14.1 Å². The van der Waals surface area contributed by atoms with Gasteiger partial charge in [0.05, 0.1) is 12.5 Å². The Balaban J connectivity index is 1.78. The number of Topliss-reactive ketones (excluding diaryl/α,β-unsaturated/α-hetero) is 1. The fourth-order valence-electron chi connectivity index (χ4n) is 3.20. The van der Waals surface area contributed by atoms with Gasteiger partial charge in [-0.25, -0.2) is 0 Å². The molecule has 1 aromatic heterocycles. The van der Waals surface area contributed by atoms with Crippen molar-refractivity contribution in [2.24, 2.45) is 0 Å². The monoisotopic (exact) mass is 328 g/mol. The summed E-state index contributed by atoms with van der Waals surface area (Å²) in [7, 11) is 1.62. The van der Waals surface area contributed by atoms with Gasteiger partial charge in [0, 0.05) is 22.4 Å². The molecule has 1 heterocycles. The topological polar surface area (TPSA) is 30.2 Å². The number of hydrogen-bond acceptors (Lipinski definition) is 2. The molecule has 0 amide bonds. The summed E-state index contributed by atoms with van der Waals surface area (Å²) in [6, 6.07) is 23.7. The van der Waals surface area contributed by atoms with E-state index in [4.69, 9.17) is 4.74 Å². The number of para-hydroxylation sites is 1. The molecular formula is C22H18NO2+. The highest BCUT2D eigenvalue weighted by Crippen LogP contribution is 2.22. The van der Waals surface area contributed by atoms with E-state index in [1.165, 1.54) is 5.39 Å². The summed E-state index contributed by atoms with van der Waals surface area (Å²) in [5.41, 5.74) is 1.74. The molecule has 4 rings (SSSR count). The van der Waals surface area contributed by atoms with Gasteiger partial charge in [-0.15, -0.1) is 0 Å². The summed E-state index contributed by atoms with van der Waals surface area (Å²) in [6.45, 7) is 0.303. The van der Waals surface area contributed by atoms with Crippen LogP contribution in [0.25, 0.3) is 21.7 Å². The van der Waals surface area contributed by atoms with Gasteiger partial charge in [0.25, 0.3) is 0 Å². The van der Waals surface area contributed by atoms with Crippen LogP contribution < -0.4 is 9.30 Å². The van der Waals surface area contributed by atoms with Gasteiger partial charge >= 0.3 is 0 Å². The van der Waals surface area contributed by atoms with Crippen LogP contribution in [0.3, 0.4) is 0 Å². The first kappa shape index (κ1) is 15.3. The molecule has 0 unspecified atom stereocenters. The normalized spacial score (nSPS) is 10.9. The van der Waals surface area contributed by atoms with E-state index in [-0.39, 0.29) is 5.78 Å². The minimum atomic E-state index is 0.0769. The molecule has 0 aliphatic carbocycles. The fraction of sp³-hybridized carbons (Fsp3) is 0.0909. The Hall–Kier alpha value is -3.20. The van der Waals surface area contributed by atoms with E-state index in [1.54, 1.807) is 7.11 Å². The molecule has 122 valence electrons. The van der Waals surface area contributed by atoms with Crippen molar-refractivity contribution in [3.8, 4) is 5.75 Å². The summed E-state index contributed by atoms with van der Waals surface area (Å²) in [5.74, 6) is 0.827. The van der Waals surface area contributed by atoms with E-state index >= 15 is 0 Å². The quantitative estimate of drug-likeness (QED) is 0.320. The minimum absolute atomic E-state index is 0.0769. The molecule has 0 aliphatic rings. The van der Waals surface area contributed by atoms with E-state index in [9.17, 15) is 4.79 Å². The molecule has 3 nitrogen and oxygen atoms in total. The van der Waals surface area contributed by atoms with Crippen molar-refractivity contribution in [2.75, 3.05) is 7.11 Å². The van der Waals surface area contributed by atoms with E-state index in [2.05, 4.69) is 30.5 Å². The van der Waals surface area contributed by atoms with Gasteiger partial charge in [-0.3, -0.25) is 4.79 Å². The number of benzene rings is 3. The van der Waals surface area contributed by atoms with Crippen molar-refractivity contribution in [1.29, 1.82) is 0 Å². The van der Waals surface area contributed by atoms with Gasteiger partial charge in [0.2, 0.25) is 17.8 Å². The van der Waals surface area contributed by atoms with Crippen molar-refractivity contribution in [1.82, 2.24) is 0 Å². The van der Waals surface area contributed by atoms with Gasteiger partial charge < -0.3 is 4.74 Å². The summed E-state index contributed by atoms with van der Waals surface area (Å²) in [6.07, 6.45) is 2.05. The lowest BCUT2D eigenvalue weighted by Crippen LogP contribution is -2.38. The number of fused-ring (bicyclic) bond motifs is 3. The number of hydrogen-bond donors (Lipinski definition) is 0. The number of carbonyl (C=O) groups is 1. The van der Waals surface area contributed by atoms with Crippen LogP contribution in [0.5, 0.6) is 5.75 Å². The lowest BCUT2D eigenvalue weighted by Gasteiger charge is -2.06. The molecule has 0 aliphatic heterocycles. The second-order valence-electron chi connectivity index (χ2n) is 6.01. The molecule has 0 saturated heterocycles. The largest absolute Gasteiger partial charge is 0.497 e. The van der Waals surface area contributed by atoms with Gasteiger partial charge in [-0.2, -0.15) is 4.57 Å². The first-order chi connectivity index (χ1) is 12.3. The molecule has 3 heteroatoms. The third-order valence-corrected chi connectivity index (χ3v) is 4.49. The molecule has 25 heavy (non-hydrogen) atoms. The van der Waals surface area contributed by atoms with Crippen LogP contribution >= 0.6 is 0 Å². The highest BCUT2D eigenvalue weighted by atomic mass is 16.5. The lowest BCUT2D eigenvalue weighted by molar-refractivity contribution is -0.655. The molecule has 0 fully saturated rings. The zero-order valence-electron chi connectivity index (χ0n) is 14.0. The van der Waals surface area contributed by atoms with E-state index in [0.29, 0.717) is 12.1 Å². The lowest BCUT2D eigenvalue weighted by atomic mass is 10.1. The Labute approximate surface area is 146 Å². The predicted octanol–water partition coefficient (Wildman–Crippen LogP) is 4.17. The summed E-state index contributed by atoms with van der Waals surface area (Å²) < 4.78 is 7.19. The number of aromatic nitrogens is 1. The summed E-state index contributed by atoms with van der Waals surface area (Å²) >= 11 is 0. The highest BCUT2D eigenvalue weighted by molar-refractivity contribution is 6.04. The Morgan fingerprint density at radius 2 is 1.56 bits per heavy atom. The predicted molar refractivity (Wildman–Crippen MR) is 99.0 cm³/mol. The summed E-state index contributed by atoms with van der Waals surface area (Å²) in [5, 5.41) is 3.48. The van der Waals surface area contributed by atoms with Crippen molar-refractivity contribution in [2.45, 2.75) is 6.54 Å². The number of carbonyl (C=O) groups excluding carboxylic acids is 1. The molecule has 0 N–H and O–H groups in total. The Kier molecular flexibility index (Phi) is 3.90. The minimum Gasteiger partial charge on any atom is -0.497 e. The maximum Gasteiger partial charge on any atom is 0.227 e. The standard InChI is InChI=1S/C22H18NO2/c1-25-18-12-10-16(11-13-18)22(24)15-23-14-17-6-2-3-7-19(17)20-8-4-5-9-21(20)23/h2-14H,15H2,1H3/q+1. The molecule has 0 bridgehead atoms. The second-order valence-corrected chi connectivity index (χ2v) is 6.01. The van der Waals surface area contributed by atoms with Gasteiger partial charge in [-0.05, 0) is 36.4 Å². The first-order valence-corrected chi connectivity index (χ1v) is 8.23. The maximum atomic E-state index is 12.7. The Bertz CT molecular complexity index is 1070. The van der Waals surface area contributed by atoms with Crippen LogP contribution in [0.15, 0.2) is 79.0 Å². The first-order valence-electron chi connectivity index (χ1n) is 8.23. The van der Waals surface area contributed by atoms with Crippen molar-refractivity contribution >= 4 is 27.5 Å². The maximum absolute atomic E-state index is 12.7. The number of ether oxygens (including phenoxy) is 1. The Morgan fingerprint density at radius 1 is 0.880 bits per heavy atom. The van der Waals surface area contributed by atoms with Crippen LogP contribution in [0, 0.1) is 0 Å². The number of nitrogens with zero attached hydrogens (tertiary/aromatic N) is 1. The molecule has 0 spiro atoms. The fourth-order valence-corrected chi connectivity index (χ4v) is 3.20. The molecule has 0 saturated carbocycles. The third-order valence-electron chi connectivity index (χ3n) is 4.49. The average molecular weight is 328 g/mol. The van der Waals surface area contributed by atoms with Crippen LogP contribution in [0.2, 0.25) is 0 Å². The van der Waals surface area contributed by atoms with Crippen molar-refractivity contribution in [3.63, 3.8) is 0 Å². The smallest absolute Gasteiger partial charge is 0.227 e. The molecular weight excluding hydrogens is 310 g/mol. The summed E-state index contributed by atoms with van der Waals surface area (Å²) in [4.78, 5) is 12.7. The number of methoxy groups -OCH3 is 1. The molecule has 3 aromatic carbocycles. The van der Waals surface area contributed by atoms with Gasteiger partial charge in [0.15, 0.2) is 6.20 Å². The van der Waals surface area contributed by atoms with Crippen LogP contribution in [-0.2, 0) is 6.54 Å². The van der Waals surface area contributed by atoms with E-state index < -0.39 is 0 Å². The van der Waals surface area contributed by atoms with Crippen LogP contribution in [0.1, 0.15) is 10.4 Å².